The summed E-state index contributed by atoms with van der Waals surface area (Å²) in [5.74, 6) is 0. The van der Waals surface area contributed by atoms with Crippen molar-refractivity contribution in [2.45, 2.75) is 13.8 Å². The smallest absolute Gasteiger partial charge is 0.115 e. The van der Waals surface area contributed by atoms with E-state index in [1.807, 2.05) is 44.3 Å². The zero-order valence-corrected chi connectivity index (χ0v) is 33.9. The zero-order valence-electron chi connectivity index (χ0n) is 33.0. The van der Waals surface area contributed by atoms with Crippen LogP contribution in [0.5, 0.6) is 0 Å². The molecular formula is C52H37N6OP. The molecule has 0 radical (unpaired) electrons. The molecule has 0 aliphatic rings. The van der Waals surface area contributed by atoms with Crippen molar-refractivity contribution in [3.8, 4) is 45.0 Å². The molecule has 60 heavy (non-hydrogen) atoms. The molecule has 0 aliphatic heterocycles. The molecule has 0 amide bonds. The highest BCUT2D eigenvalue weighted by atomic mass is 31.2. The van der Waals surface area contributed by atoms with E-state index < -0.39 is 7.14 Å². The first kappa shape index (κ1) is 35.9. The van der Waals surface area contributed by atoms with E-state index in [-0.39, 0.29) is 0 Å². The Morgan fingerprint density at radius 3 is 1.10 bits per heavy atom. The molecule has 0 bridgehead atoms. The Labute approximate surface area is 346 Å². The highest BCUT2D eigenvalue weighted by molar-refractivity contribution is 7.71. The van der Waals surface area contributed by atoms with E-state index in [0.29, 0.717) is 12.3 Å². The van der Waals surface area contributed by atoms with E-state index in [1.165, 1.54) is 0 Å². The summed E-state index contributed by atoms with van der Waals surface area (Å²) in [4.78, 5) is 30.2. The third-order valence-electron chi connectivity index (χ3n) is 11.8. The Balaban J connectivity index is 1.03. The summed E-state index contributed by atoms with van der Waals surface area (Å²) in [6, 6.07) is 51.9. The standard InChI is InChI=1S/C52H37N6OP/c1-3-60(59,4-2)42-30-40(45-24-20-35-15-13-33-11-7-27-54-48(33)50(35)57-45)29-41(31-42)46-25-21-37-17-16-36-19-23-44(56-51(36)52(37)58-46)39-9-5-8-38(28-39)43-22-18-34-14-12-32-10-6-26-53-47(32)49(34)55-43/h5-31H,3-4H2,1-2H3. The van der Waals surface area contributed by atoms with Crippen molar-refractivity contribution < 1.29 is 4.57 Å². The van der Waals surface area contributed by atoms with Crippen LogP contribution in [0.15, 0.2) is 164 Å². The predicted octanol–water partition coefficient (Wildman–Crippen LogP) is 12.7. The fourth-order valence-corrected chi connectivity index (χ4v) is 10.4. The van der Waals surface area contributed by atoms with E-state index in [4.69, 9.17) is 19.9 Å². The van der Waals surface area contributed by atoms with Gasteiger partial charge >= 0.3 is 0 Å². The van der Waals surface area contributed by atoms with Crippen LogP contribution >= 0.6 is 7.14 Å². The van der Waals surface area contributed by atoms with Crippen molar-refractivity contribution in [2.75, 3.05) is 12.3 Å². The van der Waals surface area contributed by atoms with Gasteiger partial charge in [-0.1, -0.05) is 105 Å². The molecule has 7 nitrogen and oxygen atoms in total. The van der Waals surface area contributed by atoms with Crippen LogP contribution in [-0.2, 0) is 4.57 Å². The molecule has 0 saturated carbocycles. The average molecular weight is 793 g/mol. The normalized spacial score (nSPS) is 12.0. The lowest BCUT2D eigenvalue weighted by atomic mass is 10.0. The molecule has 0 saturated heterocycles. The molecule has 5 aromatic carbocycles. The van der Waals surface area contributed by atoms with Crippen LogP contribution in [0.4, 0.5) is 0 Å². The van der Waals surface area contributed by atoms with Crippen LogP contribution in [0.25, 0.3) is 110 Å². The summed E-state index contributed by atoms with van der Waals surface area (Å²) in [7, 11) is -2.68. The molecule has 0 unspecified atom stereocenters. The number of benzene rings is 5. The van der Waals surface area contributed by atoms with Crippen molar-refractivity contribution in [3.05, 3.63) is 164 Å². The molecule has 0 fully saturated rings. The van der Waals surface area contributed by atoms with Crippen LogP contribution in [0.2, 0.25) is 0 Å². The summed E-state index contributed by atoms with van der Waals surface area (Å²) in [6.45, 7) is 4.03. The first-order valence-electron chi connectivity index (χ1n) is 20.3. The number of aromatic nitrogens is 6. The molecule has 6 aromatic heterocycles. The monoisotopic (exact) mass is 792 g/mol. The first-order valence-corrected chi connectivity index (χ1v) is 22.4. The molecule has 0 spiro atoms. The van der Waals surface area contributed by atoms with E-state index in [0.717, 1.165) is 116 Å². The Hall–Kier alpha value is -7.21. The van der Waals surface area contributed by atoms with Gasteiger partial charge in [0.25, 0.3) is 0 Å². The second-order valence-electron chi connectivity index (χ2n) is 15.3. The van der Waals surface area contributed by atoms with Crippen molar-refractivity contribution in [3.63, 3.8) is 0 Å². The molecule has 8 heteroatoms. The van der Waals surface area contributed by atoms with Crippen molar-refractivity contribution >= 4 is 77.9 Å². The molecule has 6 heterocycles. The third kappa shape index (κ3) is 6.09. The number of nitrogens with zero attached hydrogens (tertiary/aromatic N) is 6. The van der Waals surface area contributed by atoms with Crippen molar-refractivity contribution in [2.24, 2.45) is 0 Å². The lowest BCUT2D eigenvalue weighted by molar-refractivity contribution is 0.582. The van der Waals surface area contributed by atoms with Gasteiger partial charge in [-0.15, -0.1) is 0 Å². The highest BCUT2D eigenvalue weighted by Gasteiger charge is 2.23. The van der Waals surface area contributed by atoms with Crippen LogP contribution < -0.4 is 5.30 Å². The van der Waals surface area contributed by atoms with Gasteiger partial charge in [0.05, 0.1) is 55.9 Å². The van der Waals surface area contributed by atoms with Gasteiger partial charge in [0.1, 0.15) is 7.14 Å². The van der Waals surface area contributed by atoms with E-state index in [2.05, 4.69) is 137 Å². The summed E-state index contributed by atoms with van der Waals surface area (Å²) >= 11 is 0. The van der Waals surface area contributed by atoms with E-state index >= 15 is 0 Å². The Kier molecular flexibility index (Phi) is 8.54. The number of pyridine rings is 6. The van der Waals surface area contributed by atoms with Crippen LogP contribution in [-0.4, -0.2) is 42.2 Å². The molecule has 0 N–H and O–H groups in total. The van der Waals surface area contributed by atoms with Gasteiger partial charge in [-0.3, -0.25) is 9.97 Å². The number of fused-ring (bicyclic) bond motifs is 9. The third-order valence-corrected chi connectivity index (χ3v) is 15.1. The molecule has 286 valence electrons. The molecule has 11 aromatic rings. The lowest BCUT2D eigenvalue weighted by Gasteiger charge is -2.18. The van der Waals surface area contributed by atoms with Gasteiger partial charge in [-0.25, -0.2) is 19.9 Å². The Bertz CT molecular complexity index is 3580. The Morgan fingerprint density at radius 1 is 0.367 bits per heavy atom. The maximum Gasteiger partial charge on any atom is 0.115 e. The highest BCUT2D eigenvalue weighted by Crippen LogP contribution is 2.45. The number of rotatable bonds is 7. The van der Waals surface area contributed by atoms with Crippen molar-refractivity contribution in [1.82, 2.24) is 29.9 Å². The van der Waals surface area contributed by atoms with Gasteiger partial charge < -0.3 is 4.57 Å². The van der Waals surface area contributed by atoms with Gasteiger partial charge in [-0.2, -0.15) is 0 Å². The second-order valence-corrected chi connectivity index (χ2v) is 18.9. The van der Waals surface area contributed by atoms with Crippen molar-refractivity contribution in [1.29, 1.82) is 0 Å². The van der Waals surface area contributed by atoms with Crippen LogP contribution in [0.3, 0.4) is 0 Å². The summed E-state index contributed by atoms with van der Waals surface area (Å²) < 4.78 is 14.4. The quantitative estimate of drug-likeness (QED) is 0.117. The molecule has 0 aliphatic carbocycles. The topological polar surface area (TPSA) is 94.4 Å². The summed E-state index contributed by atoms with van der Waals surface area (Å²) in [5, 5.41) is 7.01. The van der Waals surface area contributed by atoms with E-state index in [9.17, 15) is 4.57 Å². The van der Waals surface area contributed by atoms with E-state index in [1.54, 1.807) is 6.20 Å². The van der Waals surface area contributed by atoms with Gasteiger partial charge in [-0.05, 0) is 60.7 Å². The molecular weight excluding hydrogens is 756 g/mol. The summed E-state index contributed by atoms with van der Waals surface area (Å²) in [5.41, 5.74) is 12.2. The Morgan fingerprint density at radius 2 is 0.700 bits per heavy atom. The van der Waals surface area contributed by atoms with Gasteiger partial charge in [0, 0.05) is 84.6 Å². The largest absolute Gasteiger partial charge is 0.319 e. The van der Waals surface area contributed by atoms with Gasteiger partial charge in [0.2, 0.25) is 0 Å². The minimum Gasteiger partial charge on any atom is -0.319 e. The lowest BCUT2D eigenvalue weighted by Crippen LogP contribution is -2.10. The maximum atomic E-state index is 14.4. The van der Waals surface area contributed by atoms with Crippen LogP contribution in [0, 0.1) is 0 Å². The average Bonchev–Trinajstić information content (AvgIpc) is 3.32. The second kappa shape index (κ2) is 14.3. The predicted molar refractivity (Wildman–Crippen MR) is 248 cm³/mol. The number of hydrogen-bond acceptors (Lipinski definition) is 7. The minimum atomic E-state index is -2.68. The fourth-order valence-electron chi connectivity index (χ4n) is 8.43. The first-order chi connectivity index (χ1) is 29.4. The minimum absolute atomic E-state index is 0.570. The molecule has 0 atom stereocenters. The zero-order chi connectivity index (χ0) is 40.4. The van der Waals surface area contributed by atoms with Gasteiger partial charge in [0.15, 0.2) is 0 Å². The maximum absolute atomic E-state index is 14.4. The fraction of sp³-hybridized carbons (Fsp3) is 0.0769. The SMILES string of the molecule is CCP(=O)(CC)c1cc(-c2ccc3ccc4cccnc4c3n2)cc(-c2ccc3ccc4ccc(-c5cccc(-c6ccc7ccc8cccnc8c7n6)c5)nc4c3n2)c1. The summed E-state index contributed by atoms with van der Waals surface area (Å²) in [6.07, 6.45) is 4.76. The van der Waals surface area contributed by atoms with Crippen LogP contribution in [0.1, 0.15) is 13.8 Å². The molecule has 11 rings (SSSR count). The number of hydrogen-bond donors (Lipinski definition) is 0.